The molecular weight excluding hydrogens is 334 g/mol. The molecule has 0 radical (unpaired) electrons. The third kappa shape index (κ3) is 5.77. The van der Waals surface area contributed by atoms with E-state index in [2.05, 4.69) is 21.2 Å². The first-order valence-corrected chi connectivity index (χ1v) is 8.18. The van der Waals surface area contributed by atoms with Gasteiger partial charge >= 0.3 is 0 Å². The van der Waals surface area contributed by atoms with Gasteiger partial charge in [0.1, 0.15) is 0 Å². The van der Waals surface area contributed by atoms with E-state index in [1.54, 1.807) is 0 Å². The predicted molar refractivity (Wildman–Crippen MR) is 85.1 cm³/mol. The smallest absolute Gasteiger partial charge is 0.222 e. The van der Waals surface area contributed by atoms with E-state index in [0.29, 0.717) is 19.6 Å². The fourth-order valence-corrected chi connectivity index (χ4v) is 2.75. The summed E-state index contributed by atoms with van der Waals surface area (Å²) < 4.78 is 12.0. The van der Waals surface area contributed by atoms with E-state index < -0.39 is 0 Å². The Hall–Kier alpha value is -0.910. The van der Waals surface area contributed by atoms with Crippen molar-refractivity contribution in [2.24, 2.45) is 0 Å². The maximum atomic E-state index is 11.9. The first-order valence-electron chi connectivity index (χ1n) is 7.39. The molecule has 1 aromatic rings. The van der Waals surface area contributed by atoms with Crippen LogP contribution in [0.4, 0.5) is 0 Å². The zero-order valence-corrected chi connectivity index (χ0v) is 13.9. The van der Waals surface area contributed by atoms with E-state index in [9.17, 15) is 4.79 Å². The Balaban J connectivity index is 1.64. The molecule has 1 fully saturated rings. The summed E-state index contributed by atoms with van der Waals surface area (Å²) in [7, 11) is 0. The van der Waals surface area contributed by atoms with Gasteiger partial charge in [-0.3, -0.25) is 4.79 Å². The van der Waals surface area contributed by atoms with Crippen LogP contribution in [0.3, 0.4) is 0 Å². The van der Waals surface area contributed by atoms with Crippen LogP contribution in [0.5, 0.6) is 0 Å². The van der Waals surface area contributed by atoms with Gasteiger partial charge in [0.25, 0.3) is 0 Å². The summed E-state index contributed by atoms with van der Waals surface area (Å²) in [6.07, 6.45) is 2.77. The van der Waals surface area contributed by atoms with Gasteiger partial charge in [-0.05, 0) is 37.5 Å². The molecule has 1 heterocycles. The topological polar surface area (TPSA) is 47.6 Å². The predicted octanol–water partition coefficient (Wildman–Crippen LogP) is 3.21. The van der Waals surface area contributed by atoms with Crippen molar-refractivity contribution in [1.29, 1.82) is 0 Å². The zero-order valence-electron chi connectivity index (χ0n) is 12.3. The van der Waals surface area contributed by atoms with Crippen LogP contribution < -0.4 is 5.32 Å². The summed E-state index contributed by atoms with van der Waals surface area (Å²) in [6.45, 7) is 3.84. The minimum Gasteiger partial charge on any atom is -0.378 e. The Morgan fingerprint density at radius 2 is 2.43 bits per heavy atom. The minimum atomic E-state index is -0.00633. The number of hydrogen-bond acceptors (Lipinski definition) is 3. The average molecular weight is 356 g/mol. The number of halogens is 1. The number of benzene rings is 1. The average Bonchev–Trinajstić information content (AvgIpc) is 2.97. The molecule has 0 spiro atoms. The number of rotatable bonds is 7. The molecule has 2 rings (SSSR count). The molecule has 2 atom stereocenters. The number of ether oxygens (including phenoxy) is 2. The molecule has 2 unspecified atom stereocenters. The Morgan fingerprint density at radius 3 is 3.14 bits per heavy atom. The van der Waals surface area contributed by atoms with Crippen molar-refractivity contribution in [3.8, 4) is 0 Å². The largest absolute Gasteiger partial charge is 0.378 e. The molecule has 1 amide bonds. The zero-order chi connectivity index (χ0) is 15.1. The van der Waals surface area contributed by atoms with E-state index in [1.807, 2.05) is 31.2 Å². The van der Waals surface area contributed by atoms with E-state index in [-0.39, 0.29) is 18.1 Å². The molecule has 1 aliphatic rings. The lowest BCUT2D eigenvalue weighted by Gasteiger charge is -2.15. The number of nitrogens with one attached hydrogen (secondary N) is 1. The van der Waals surface area contributed by atoms with E-state index in [1.165, 1.54) is 0 Å². The number of amides is 1. The monoisotopic (exact) mass is 355 g/mol. The Bertz CT molecular complexity index is 461. The summed E-state index contributed by atoms with van der Waals surface area (Å²) in [4.78, 5) is 11.9. The van der Waals surface area contributed by atoms with Crippen molar-refractivity contribution >= 4 is 21.8 Å². The van der Waals surface area contributed by atoms with Gasteiger partial charge in [-0.2, -0.15) is 0 Å². The molecule has 1 aromatic carbocycles. The molecule has 0 aliphatic carbocycles. The van der Waals surface area contributed by atoms with Crippen molar-refractivity contribution in [3.63, 3.8) is 0 Å². The summed E-state index contributed by atoms with van der Waals surface area (Å²) in [5, 5.41) is 2.98. The van der Waals surface area contributed by atoms with Crippen molar-refractivity contribution in [1.82, 2.24) is 5.32 Å². The molecule has 5 heteroatoms. The number of hydrogen-bond donors (Lipinski definition) is 1. The summed E-state index contributed by atoms with van der Waals surface area (Å²) >= 11 is 3.44. The van der Waals surface area contributed by atoms with Crippen molar-refractivity contribution in [3.05, 3.63) is 34.3 Å². The standard InChI is InChI=1S/C16H22BrNO3/c1-12(13-4-2-5-14(17)10-13)18-16(19)7-9-20-11-15-6-3-8-21-15/h2,4-5,10,12,15H,3,6-9,11H2,1H3,(H,18,19). The van der Waals surface area contributed by atoms with Crippen LogP contribution in [0.25, 0.3) is 0 Å². The summed E-state index contributed by atoms with van der Waals surface area (Å²) in [6, 6.07) is 7.94. The van der Waals surface area contributed by atoms with Crippen LogP contribution in [-0.2, 0) is 14.3 Å². The fraction of sp³-hybridized carbons (Fsp3) is 0.562. The molecule has 1 N–H and O–H groups in total. The van der Waals surface area contributed by atoms with Gasteiger partial charge in [0.05, 0.1) is 25.4 Å². The third-order valence-corrected chi connectivity index (χ3v) is 4.02. The van der Waals surface area contributed by atoms with Crippen LogP contribution in [0, 0.1) is 0 Å². The van der Waals surface area contributed by atoms with E-state index in [0.717, 1.165) is 29.5 Å². The van der Waals surface area contributed by atoms with E-state index in [4.69, 9.17) is 9.47 Å². The van der Waals surface area contributed by atoms with Gasteiger partial charge in [-0.25, -0.2) is 0 Å². The normalized spacial score (nSPS) is 19.4. The first-order chi connectivity index (χ1) is 10.1. The van der Waals surface area contributed by atoms with Crippen molar-refractivity contribution in [2.75, 3.05) is 19.8 Å². The molecule has 0 saturated carbocycles. The van der Waals surface area contributed by atoms with Crippen LogP contribution in [0.15, 0.2) is 28.7 Å². The van der Waals surface area contributed by atoms with Crippen LogP contribution >= 0.6 is 15.9 Å². The SMILES string of the molecule is CC(NC(=O)CCOCC1CCCO1)c1cccc(Br)c1. The van der Waals surface area contributed by atoms with Crippen molar-refractivity contribution < 1.29 is 14.3 Å². The Labute approximate surface area is 134 Å². The summed E-state index contributed by atoms with van der Waals surface area (Å²) in [5.74, 6) is 0.00909. The van der Waals surface area contributed by atoms with Crippen LogP contribution in [0.1, 0.15) is 37.8 Å². The molecular formula is C16H22BrNO3. The van der Waals surface area contributed by atoms with Gasteiger partial charge in [0.2, 0.25) is 5.91 Å². The molecule has 4 nitrogen and oxygen atoms in total. The highest BCUT2D eigenvalue weighted by Gasteiger charge is 2.15. The second kappa shape index (κ2) is 8.51. The fourth-order valence-electron chi connectivity index (χ4n) is 2.33. The minimum absolute atomic E-state index is 0.00633. The van der Waals surface area contributed by atoms with Gasteiger partial charge in [0.15, 0.2) is 0 Å². The highest BCUT2D eigenvalue weighted by Crippen LogP contribution is 2.18. The van der Waals surface area contributed by atoms with Gasteiger partial charge in [0, 0.05) is 17.5 Å². The second-order valence-corrected chi connectivity index (χ2v) is 6.22. The highest BCUT2D eigenvalue weighted by molar-refractivity contribution is 9.10. The maximum absolute atomic E-state index is 11.9. The maximum Gasteiger partial charge on any atom is 0.222 e. The lowest BCUT2D eigenvalue weighted by Crippen LogP contribution is -2.28. The molecule has 21 heavy (non-hydrogen) atoms. The van der Waals surface area contributed by atoms with Crippen LogP contribution in [0.2, 0.25) is 0 Å². The lowest BCUT2D eigenvalue weighted by atomic mass is 10.1. The van der Waals surface area contributed by atoms with Gasteiger partial charge in [-0.1, -0.05) is 28.1 Å². The lowest BCUT2D eigenvalue weighted by molar-refractivity contribution is -0.123. The highest BCUT2D eigenvalue weighted by atomic mass is 79.9. The molecule has 1 saturated heterocycles. The second-order valence-electron chi connectivity index (χ2n) is 5.30. The van der Waals surface area contributed by atoms with Crippen molar-refractivity contribution in [2.45, 2.75) is 38.3 Å². The molecule has 0 bridgehead atoms. The van der Waals surface area contributed by atoms with Crippen LogP contribution in [-0.4, -0.2) is 31.8 Å². The summed E-state index contributed by atoms with van der Waals surface area (Å²) in [5.41, 5.74) is 1.08. The molecule has 1 aliphatic heterocycles. The molecule has 116 valence electrons. The molecule has 0 aromatic heterocycles. The Morgan fingerprint density at radius 1 is 1.57 bits per heavy atom. The van der Waals surface area contributed by atoms with Gasteiger partial charge < -0.3 is 14.8 Å². The Kier molecular flexibility index (Phi) is 6.67. The third-order valence-electron chi connectivity index (χ3n) is 3.53. The quantitative estimate of drug-likeness (QED) is 0.764. The number of carbonyl (C=O) groups is 1. The van der Waals surface area contributed by atoms with Gasteiger partial charge in [-0.15, -0.1) is 0 Å². The van der Waals surface area contributed by atoms with E-state index >= 15 is 0 Å². The first kappa shape index (κ1) is 16.5. The number of carbonyl (C=O) groups excluding carboxylic acids is 1.